The molecule has 0 spiro atoms. The molecule has 1 amide bonds. The van der Waals surface area contributed by atoms with Gasteiger partial charge in [0.05, 0.1) is 13.2 Å². The molecule has 0 unspecified atom stereocenters. The van der Waals surface area contributed by atoms with Gasteiger partial charge in [-0.05, 0) is 30.7 Å². The Morgan fingerprint density at radius 2 is 1.93 bits per heavy atom. The third-order valence-corrected chi connectivity index (χ3v) is 5.00. The lowest BCUT2D eigenvalue weighted by atomic mass is 10.1. The van der Waals surface area contributed by atoms with E-state index in [-0.39, 0.29) is 12.5 Å². The SMILES string of the molecule is Cc1c(C=O)c2ccccc2n1CC(=O)NCc1ccc2c(c1)OCCCO2. The molecule has 0 saturated carbocycles. The van der Waals surface area contributed by atoms with Gasteiger partial charge in [-0.2, -0.15) is 0 Å². The van der Waals surface area contributed by atoms with Gasteiger partial charge >= 0.3 is 0 Å². The molecular weight excluding hydrogens is 356 g/mol. The zero-order valence-corrected chi connectivity index (χ0v) is 15.7. The fourth-order valence-corrected chi connectivity index (χ4v) is 3.53. The van der Waals surface area contributed by atoms with E-state index < -0.39 is 0 Å². The first-order valence-electron chi connectivity index (χ1n) is 9.35. The van der Waals surface area contributed by atoms with Crippen molar-refractivity contribution in [2.24, 2.45) is 0 Å². The largest absolute Gasteiger partial charge is 0.490 e. The summed E-state index contributed by atoms with van der Waals surface area (Å²) in [5.74, 6) is 1.34. The lowest BCUT2D eigenvalue weighted by Crippen LogP contribution is -2.27. The molecule has 0 radical (unpaired) electrons. The number of fused-ring (bicyclic) bond motifs is 2. The van der Waals surface area contributed by atoms with E-state index in [2.05, 4.69) is 5.32 Å². The van der Waals surface area contributed by atoms with Crippen molar-refractivity contribution in [2.45, 2.75) is 26.4 Å². The standard InChI is InChI=1S/C22H22N2O4/c1-15-18(14-25)17-5-2-3-6-19(17)24(15)13-22(26)23-12-16-7-8-20-21(11-16)28-10-4-9-27-20/h2-3,5-8,11,14H,4,9-10,12-13H2,1H3,(H,23,26). The Kier molecular flexibility index (Phi) is 5.02. The summed E-state index contributed by atoms with van der Waals surface area (Å²) < 4.78 is 13.2. The van der Waals surface area contributed by atoms with Gasteiger partial charge in [0.15, 0.2) is 17.8 Å². The predicted octanol–water partition coefficient (Wildman–Crippen LogP) is 3.24. The fourth-order valence-electron chi connectivity index (χ4n) is 3.53. The van der Waals surface area contributed by atoms with Gasteiger partial charge in [-0.3, -0.25) is 9.59 Å². The van der Waals surface area contributed by atoms with Crippen molar-refractivity contribution in [2.75, 3.05) is 13.2 Å². The van der Waals surface area contributed by atoms with Crippen molar-refractivity contribution in [3.63, 3.8) is 0 Å². The number of ether oxygens (including phenoxy) is 2. The van der Waals surface area contributed by atoms with Crippen LogP contribution in [0.1, 0.15) is 28.0 Å². The zero-order chi connectivity index (χ0) is 19.5. The Balaban J connectivity index is 1.47. The molecule has 0 saturated heterocycles. The number of hydrogen-bond acceptors (Lipinski definition) is 4. The van der Waals surface area contributed by atoms with Gasteiger partial charge in [0, 0.05) is 35.1 Å². The van der Waals surface area contributed by atoms with Crippen LogP contribution in [0.25, 0.3) is 10.9 Å². The number of carbonyl (C=O) groups excluding carboxylic acids is 2. The highest BCUT2D eigenvalue weighted by molar-refractivity contribution is 5.99. The van der Waals surface area contributed by atoms with E-state index in [0.717, 1.165) is 40.6 Å². The Morgan fingerprint density at radius 1 is 1.14 bits per heavy atom. The van der Waals surface area contributed by atoms with Gasteiger partial charge < -0.3 is 19.4 Å². The van der Waals surface area contributed by atoms with Crippen molar-refractivity contribution < 1.29 is 19.1 Å². The Morgan fingerprint density at radius 3 is 2.75 bits per heavy atom. The summed E-state index contributed by atoms with van der Waals surface area (Å²) in [6.45, 7) is 3.69. The van der Waals surface area contributed by atoms with Crippen LogP contribution < -0.4 is 14.8 Å². The van der Waals surface area contributed by atoms with E-state index in [1.807, 2.05) is 54.0 Å². The van der Waals surface area contributed by atoms with Crippen LogP contribution in [0, 0.1) is 6.92 Å². The minimum Gasteiger partial charge on any atom is -0.490 e. The molecule has 2 aromatic carbocycles. The number of benzene rings is 2. The molecule has 0 atom stereocenters. The summed E-state index contributed by atoms with van der Waals surface area (Å²) in [7, 11) is 0. The van der Waals surface area contributed by atoms with Crippen molar-refractivity contribution in [3.8, 4) is 11.5 Å². The second kappa shape index (κ2) is 7.76. The fraction of sp³-hybridized carbons (Fsp3) is 0.273. The van der Waals surface area contributed by atoms with Crippen molar-refractivity contribution in [3.05, 3.63) is 59.3 Å². The van der Waals surface area contributed by atoms with Crippen molar-refractivity contribution in [1.29, 1.82) is 0 Å². The van der Waals surface area contributed by atoms with Crippen LogP contribution in [0.3, 0.4) is 0 Å². The number of nitrogens with zero attached hydrogens (tertiary/aromatic N) is 1. The molecule has 0 bridgehead atoms. The molecule has 6 heteroatoms. The maximum absolute atomic E-state index is 12.5. The van der Waals surface area contributed by atoms with Crippen LogP contribution >= 0.6 is 0 Å². The minimum atomic E-state index is -0.117. The molecule has 6 nitrogen and oxygen atoms in total. The highest BCUT2D eigenvalue weighted by Gasteiger charge is 2.16. The Hall–Kier alpha value is -3.28. The summed E-state index contributed by atoms with van der Waals surface area (Å²) in [6.07, 6.45) is 1.71. The third kappa shape index (κ3) is 3.45. The van der Waals surface area contributed by atoms with Gasteiger partial charge in [0.1, 0.15) is 6.54 Å². The first-order chi connectivity index (χ1) is 13.7. The molecule has 4 rings (SSSR count). The van der Waals surface area contributed by atoms with Gasteiger partial charge in [-0.25, -0.2) is 0 Å². The van der Waals surface area contributed by atoms with E-state index >= 15 is 0 Å². The van der Waals surface area contributed by atoms with E-state index in [1.54, 1.807) is 0 Å². The average molecular weight is 378 g/mol. The van der Waals surface area contributed by atoms with E-state index in [1.165, 1.54) is 0 Å². The predicted molar refractivity (Wildman–Crippen MR) is 106 cm³/mol. The molecule has 1 aliphatic heterocycles. The molecule has 1 aromatic heterocycles. The lowest BCUT2D eigenvalue weighted by Gasteiger charge is -2.12. The lowest BCUT2D eigenvalue weighted by molar-refractivity contribution is -0.121. The van der Waals surface area contributed by atoms with Gasteiger partial charge in [-0.1, -0.05) is 24.3 Å². The molecule has 0 aliphatic carbocycles. The molecular formula is C22H22N2O4. The average Bonchev–Trinajstić information content (AvgIpc) is 2.86. The first kappa shape index (κ1) is 18.1. The number of hydrogen-bond donors (Lipinski definition) is 1. The quantitative estimate of drug-likeness (QED) is 0.692. The van der Waals surface area contributed by atoms with Crippen LogP contribution in [0.4, 0.5) is 0 Å². The number of aromatic nitrogens is 1. The first-order valence-corrected chi connectivity index (χ1v) is 9.35. The Bertz CT molecular complexity index is 1040. The summed E-state index contributed by atoms with van der Waals surface area (Å²) in [4.78, 5) is 24.0. The molecule has 0 fully saturated rings. The van der Waals surface area contributed by atoms with Crippen LogP contribution in [-0.2, 0) is 17.9 Å². The highest BCUT2D eigenvalue weighted by atomic mass is 16.5. The van der Waals surface area contributed by atoms with Gasteiger partial charge in [0.2, 0.25) is 5.91 Å². The number of para-hydroxylation sites is 1. The summed E-state index contributed by atoms with van der Waals surface area (Å²) in [5.41, 5.74) is 3.25. The van der Waals surface area contributed by atoms with Gasteiger partial charge in [0.25, 0.3) is 0 Å². The topological polar surface area (TPSA) is 69.6 Å². The van der Waals surface area contributed by atoms with E-state index in [4.69, 9.17) is 9.47 Å². The smallest absolute Gasteiger partial charge is 0.240 e. The molecule has 28 heavy (non-hydrogen) atoms. The van der Waals surface area contributed by atoms with Crippen LogP contribution in [0.5, 0.6) is 11.5 Å². The molecule has 1 aliphatic rings. The van der Waals surface area contributed by atoms with E-state index in [9.17, 15) is 9.59 Å². The van der Waals surface area contributed by atoms with Crippen LogP contribution in [-0.4, -0.2) is 30.0 Å². The number of amides is 1. The third-order valence-electron chi connectivity index (χ3n) is 5.00. The van der Waals surface area contributed by atoms with E-state index in [0.29, 0.717) is 31.1 Å². The molecule has 3 aromatic rings. The monoisotopic (exact) mass is 378 g/mol. The van der Waals surface area contributed by atoms with Crippen molar-refractivity contribution in [1.82, 2.24) is 9.88 Å². The normalized spacial score (nSPS) is 13.2. The second-order valence-corrected chi connectivity index (χ2v) is 6.83. The maximum Gasteiger partial charge on any atom is 0.240 e. The number of carbonyl (C=O) groups is 2. The second-order valence-electron chi connectivity index (χ2n) is 6.83. The molecule has 144 valence electrons. The van der Waals surface area contributed by atoms with Crippen LogP contribution in [0.2, 0.25) is 0 Å². The number of aldehydes is 1. The minimum absolute atomic E-state index is 0.117. The Labute approximate surface area is 163 Å². The number of nitrogens with one attached hydrogen (secondary N) is 1. The number of rotatable bonds is 5. The summed E-state index contributed by atoms with van der Waals surface area (Å²) in [6, 6.07) is 13.3. The highest BCUT2D eigenvalue weighted by Crippen LogP contribution is 2.30. The summed E-state index contributed by atoms with van der Waals surface area (Å²) in [5, 5.41) is 3.81. The van der Waals surface area contributed by atoms with Crippen molar-refractivity contribution >= 4 is 23.1 Å². The molecule has 1 N–H and O–H groups in total. The van der Waals surface area contributed by atoms with Gasteiger partial charge in [-0.15, -0.1) is 0 Å². The van der Waals surface area contributed by atoms with Crippen LogP contribution in [0.15, 0.2) is 42.5 Å². The molecule has 2 heterocycles. The summed E-state index contributed by atoms with van der Waals surface area (Å²) >= 11 is 0. The zero-order valence-electron chi connectivity index (χ0n) is 15.7. The maximum atomic E-state index is 12.5.